The van der Waals surface area contributed by atoms with Gasteiger partial charge in [0.05, 0.1) is 25.3 Å². The molecule has 0 spiro atoms. The van der Waals surface area contributed by atoms with E-state index in [1.165, 1.54) is 7.11 Å². The van der Waals surface area contributed by atoms with E-state index in [2.05, 4.69) is 26.1 Å². The standard InChI is InChI=1S/C29H29NO6/c1-29(2,3)19-12-10-18(11-13-19)27-28(26(32)21-8-6-7-9-23(21)36-27)35-17-25(31)30-22-15-14-20(33-4)16-24(22)34-5/h6-16H,17H2,1-5H3,(H,30,31). The van der Waals surface area contributed by atoms with Crippen molar-refractivity contribution in [3.8, 4) is 28.6 Å². The molecule has 0 atom stereocenters. The lowest BCUT2D eigenvalue weighted by Gasteiger charge is -2.19. The van der Waals surface area contributed by atoms with Crippen molar-refractivity contribution in [2.75, 3.05) is 26.1 Å². The Balaban J connectivity index is 1.65. The van der Waals surface area contributed by atoms with E-state index in [1.54, 1.807) is 49.6 Å². The van der Waals surface area contributed by atoms with E-state index in [0.29, 0.717) is 33.7 Å². The van der Waals surface area contributed by atoms with Crippen LogP contribution < -0.4 is 25.0 Å². The number of anilines is 1. The highest BCUT2D eigenvalue weighted by atomic mass is 16.5. The van der Waals surface area contributed by atoms with Crippen LogP contribution in [0.25, 0.3) is 22.3 Å². The number of nitrogens with one attached hydrogen (secondary N) is 1. The molecule has 1 N–H and O–H groups in total. The number of hydrogen-bond donors (Lipinski definition) is 1. The maximum atomic E-state index is 13.3. The maximum absolute atomic E-state index is 13.3. The molecule has 1 amide bonds. The lowest BCUT2D eigenvalue weighted by atomic mass is 9.86. The zero-order chi connectivity index (χ0) is 25.9. The number of benzene rings is 3. The highest BCUT2D eigenvalue weighted by molar-refractivity contribution is 5.93. The van der Waals surface area contributed by atoms with Gasteiger partial charge in [-0.3, -0.25) is 9.59 Å². The van der Waals surface area contributed by atoms with Gasteiger partial charge < -0.3 is 23.9 Å². The van der Waals surface area contributed by atoms with Crippen LogP contribution in [0.2, 0.25) is 0 Å². The Morgan fingerprint density at radius 1 is 0.944 bits per heavy atom. The molecule has 4 aromatic rings. The number of ether oxygens (including phenoxy) is 3. The van der Waals surface area contributed by atoms with E-state index in [4.69, 9.17) is 18.6 Å². The van der Waals surface area contributed by atoms with Crippen molar-refractivity contribution in [1.29, 1.82) is 0 Å². The number of fused-ring (bicyclic) bond motifs is 1. The van der Waals surface area contributed by atoms with E-state index < -0.39 is 12.5 Å². The van der Waals surface area contributed by atoms with Crippen LogP contribution in [0.15, 0.2) is 75.9 Å². The summed E-state index contributed by atoms with van der Waals surface area (Å²) in [5.41, 5.74) is 2.35. The number of carbonyl (C=O) groups excluding carboxylic acids is 1. The Labute approximate surface area is 209 Å². The van der Waals surface area contributed by atoms with Crippen molar-refractivity contribution in [2.45, 2.75) is 26.2 Å². The molecule has 0 saturated heterocycles. The van der Waals surface area contributed by atoms with E-state index in [1.807, 2.05) is 24.3 Å². The van der Waals surface area contributed by atoms with Crippen molar-refractivity contribution >= 4 is 22.6 Å². The molecule has 7 heteroatoms. The van der Waals surface area contributed by atoms with E-state index in [9.17, 15) is 9.59 Å². The van der Waals surface area contributed by atoms with Crippen molar-refractivity contribution in [3.63, 3.8) is 0 Å². The third kappa shape index (κ3) is 5.20. The summed E-state index contributed by atoms with van der Waals surface area (Å²) in [7, 11) is 3.04. The Hall–Kier alpha value is -4.26. The fraction of sp³-hybridized carbons (Fsp3) is 0.241. The summed E-state index contributed by atoms with van der Waals surface area (Å²) in [4.78, 5) is 26.1. The van der Waals surface area contributed by atoms with Crippen LogP contribution in [0.3, 0.4) is 0 Å². The van der Waals surface area contributed by atoms with Crippen molar-refractivity contribution in [3.05, 3.63) is 82.5 Å². The first-order valence-electron chi connectivity index (χ1n) is 11.5. The topological polar surface area (TPSA) is 87.0 Å². The summed E-state index contributed by atoms with van der Waals surface area (Å²) in [6.45, 7) is 5.99. The Morgan fingerprint density at radius 3 is 2.33 bits per heavy atom. The van der Waals surface area contributed by atoms with Gasteiger partial charge in [-0.2, -0.15) is 0 Å². The van der Waals surface area contributed by atoms with E-state index in [-0.39, 0.29) is 22.4 Å². The molecule has 3 aromatic carbocycles. The van der Waals surface area contributed by atoms with E-state index in [0.717, 1.165) is 5.56 Å². The van der Waals surface area contributed by atoms with Crippen LogP contribution in [-0.4, -0.2) is 26.7 Å². The number of rotatable bonds is 7. The number of carbonyl (C=O) groups is 1. The monoisotopic (exact) mass is 487 g/mol. The summed E-state index contributed by atoms with van der Waals surface area (Å²) >= 11 is 0. The first-order valence-corrected chi connectivity index (χ1v) is 11.5. The van der Waals surface area contributed by atoms with Gasteiger partial charge in [0, 0.05) is 11.6 Å². The van der Waals surface area contributed by atoms with Crippen LogP contribution in [0.1, 0.15) is 26.3 Å². The molecular weight excluding hydrogens is 458 g/mol. The van der Waals surface area contributed by atoms with Gasteiger partial charge in [-0.05, 0) is 35.2 Å². The maximum Gasteiger partial charge on any atom is 0.262 e. The summed E-state index contributed by atoms with van der Waals surface area (Å²) in [6, 6.07) is 19.8. The fourth-order valence-electron chi connectivity index (χ4n) is 3.79. The second-order valence-corrected chi connectivity index (χ2v) is 9.32. The summed E-state index contributed by atoms with van der Waals surface area (Å²) < 4.78 is 22.4. The highest BCUT2D eigenvalue weighted by Gasteiger charge is 2.20. The van der Waals surface area contributed by atoms with E-state index >= 15 is 0 Å². The molecule has 0 saturated carbocycles. The zero-order valence-electron chi connectivity index (χ0n) is 21.0. The molecule has 0 aliphatic rings. The lowest BCUT2D eigenvalue weighted by molar-refractivity contribution is -0.118. The predicted octanol–water partition coefficient (Wildman–Crippen LogP) is 5.79. The molecule has 0 fully saturated rings. The van der Waals surface area contributed by atoms with Crippen LogP contribution in [0, 0.1) is 0 Å². The SMILES string of the molecule is COc1ccc(NC(=O)COc2c(-c3ccc(C(C)(C)C)cc3)oc3ccccc3c2=O)c(OC)c1. The molecule has 0 aliphatic heterocycles. The molecule has 1 aromatic heterocycles. The quantitative estimate of drug-likeness (QED) is 0.355. The van der Waals surface area contributed by atoms with Gasteiger partial charge in [-0.25, -0.2) is 0 Å². The van der Waals surface area contributed by atoms with Crippen molar-refractivity contribution in [1.82, 2.24) is 0 Å². The lowest BCUT2D eigenvalue weighted by Crippen LogP contribution is -2.23. The van der Waals surface area contributed by atoms with Crippen LogP contribution in [-0.2, 0) is 10.2 Å². The molecule has 1 heterocycles. The molecule has 186 valence electrons. The normalized spacial score (nSPS) is 11.2. The third-order valence-electron chi connectivity index (χ3n) is 5.80. The molecule has 0 radical (unpaired) electrons. The van der Waals surface area contributed by atoms with Gasteiger partial charge >= 0.3 is 0 Å². The van der Waals surface area contributed by atoms with Gasteiger partial charge in [-0.15, -0.1) is 0 Å². The molecule has 7 nitrogen and oxygen atoms in total. The second kappa shape index (κ2) is 10.2. The van der Waals surface area contributed by atoms with Crippen molar-refractivity contribution in [2.24, 2.45) is 0 Å². The Morgan fingerprint density at radius 2 is 1.67 bits per heavy atom. The smallest absolute Gasteiger partial charge is 0.262 e. The fourth-order valence-corrected chi connectivity index (χ4v) is 3.79. The number of amides is 1. The average Bonchev–Trinajstić information content (AvgIpc) is 2.88. The first kappa shape index (κ1) is 24.9. The largest absolute Gasteiger partial charge is 0.497 e. The Bertz CT molecular complexity index is 1450. The van der Waals surface area contributed by atoms with Crippen LogP contribution in [0.4, 0.5) is 5.69 Å². The summed E-state index contributed by atoms with van der Waals surface area (Å²) in [6.07, 6.45) is 0. The predicted molar refractivity (Wildman–Crippen MR) is 140 cm³/mol. The summed E-state index contributed by atoms with van der Waals surface area (Å²) in [5, 5.41) is 3.12. The van der Waals surface area contributed by atoms with Gasteiger partial charge in [0.25, 0.3) is 5.91 Å². The van der Waals surface area contributed by atoms with Gasteiger partial charge in [0.15, 0.2) is 12.4 Å². The van der Waals surface area contributed by atoms with Crippen molar-refractivity contribution < 1.29 is 23.4 Å². The average molecular weight is 488 g/mol. The number of methoxy groups -OCH3 is 2. The highest BCUT2D eigenvalue weighted by Crippen LogP contribution is 2.33. The first-order chi connectivity index (χ1) is 17.2. The summed E-state index contributed by atoms with van der Waals surface area (Å²) in [5.74, 6) is 0.827. The van der Waals surface area contributed by atoms with Crippen LogP contribution in [0.5, 0.6) is 17.2 Å². The second-order valence-electron chi connectivity index (χ2n) is 9.32. The molecule has 0 unspecified atom stereocenters. The molecule has 36 heavy (non-hydrogen) atoms. The number of hydrogen-bond acceptors (Lipinski definition) is 6. The van der Waals surface area contributed by atoms with Gasteiger partial charge in [0.1, 0.15) is 17.1 Å². The third-order valence-corrected chi connectivity index (χ3v) is 5.80. The minimum absolute atomic E-state index is 0.0194. The molecular formula is C29H29NO6. The zero-order valence-corrected chi connectivity index (χ0v) is 21.0. The minimum Gasteiger partial charge on any atom is -0.497 e. The molecule has 0 bridgehead atoms. The number of para-hydroxylation sites is 1. The minimum atomic E-state index is -0.458. The van der Waals surface area contributed by atoms with Crippen LogP contribution >= 0.6 is 0 Å². The molecule has 4 rings (SSSR count). The van der Waals surface area contributed by atoms with Gasteiger partial charge in [0.2, 0.25) is 11.2 Å². The van der Waals surface area contributed by atoms with Gasteiger partial charge in [-0.1, -0.05) is 57.2 Å². The molecule has 0 aliphatic carbocycles. The Kier molecular flexibility index (Phi) is 7.01.